The molecule has 0 radical (unpaired) electrons. The van der Waals surface area contributed by atoms with E-state index in [0.717, 1.165) is 65.6 Å². The molecule has 1 atom stereocenters. The van der Waals surface area contributed by atoms with Crippen LogP contribution in [0, 0.1) is 6.92 Å². The molecule has 0 saturated carbocycles. The van der Waals surface area contributed by atoms with Gasteiger partial charge in [-0.2, -0.15) is 0 Å². The van der Waals surface area contributed by atoms with Crippen LogP contribution in [0.3, 0.4) is 0 Å². The predicted molar refractivity (Wildman–Crippen MR) is 144 cm³/mol. The Labute approximate surface area is 212 Å². The van der Waals surface area contributed by atoms with Gasteiger partial charge in [0.05, 0.1) is 30.5 Å². The Bertz CT molecular complexity index is 1330. The summed E-state index contributed by atoms with van der Waals surface area (Å²) in [7, 11) is 0. The molecule has 4 aromatic rings. The number of ketones is 1. The van der Waals surface area contributed by atoms with Crippen molar-refractivity contribution in [2.75, 3.05) is 31.2 Å². The van der Waals surface area contributed by atoms with Gasteiger partial charge in [0.15, 0.2) is 0 Å². The number of carbonyl (C=O) groups is 1. The molecular weight excluding hydrogens is 446 g/mol. The van der Waals surface area contributed by atoms with Crippen molar-refractivity contribution < 1.29 is 9.53 Å². The second kappa shape index (κ2) is 10.8. The van der Waals surface area contributed by atoms with E-state index in [1.54, 1.807) is 0 Å². The predicted octanol–water partition coefficient (Wildman–Crippen LogP) is 5.87. The quantitative estimate of drug-likeness (QED) is 0.333. The number of pyridine rings is 2. The Morgan fingerprint density at radius 3 is 2.36 bits per heavy atom. The first kappa shape index (κ1) is 23.9. The molecule has 5 nitrogen and oxygen atoms in total. The van der Waals surface area contributed by atoms with Gasteiger partial charge < -0.3 is 9.64 Å². The number of rotatable bonds is 7. The highest BCUT2D eigenvalue weighted by Crippen LogP contribution is 2.26. The third-order valence-corrected chi connectivity index (χ3v) is 6.80. The van der Waals surface area contributed by atoms with Crippen molar-refractivity contribution in [3.05, 3.63) is 102 Å². The minimum Gasteiger partial charge on any atom is -0.378 e. The number of benzene rings is 2. The molecule has 1 aliphatic rings. The second-order valence-electron chi connectivity index (χ2n) is 9.34. The smallest absolute Gasteiger partial charge is 0.145 e. The number of morpholine rings is 1. The van der Waals surface area contributed by atoms with E-state index in [9.17, 15) is 4.79 Å². The topological polar surface area (TPSA) is 55.3 Å². The lowest BCUT2D eigenvalue weighted by atomic mass is 9.94. The van der Waals surface area contributed by atoms with E-state index in [0.29, 0.717) is 6.42 Å². The summed E-state index contributed by atoms with van der Waals surface area (Å²) in [6.07, 6.45) is 2.21. The van der Waals surface area contributed by atoms with Gasteiger partial charge >= 0.3 is 0 Å². The standard InChI is InChI=1S/C31H31N3O2/c1-22-20-27(14-15-32-22)25-8-6-24(7-9-25)21-31(35)23(2)29-4-3-5-30(33-29)26-10-12-28(13-11-26)34-16-18-36-19-17-34/h3-15,20,23H,16-19,21H2,1-2H3. The average Bonchev–Trinajstić information content (AvgIpc) is 2.94. The Morgan fingerprint density at radius 2 is 1.64 bits per heavy atom. The van der Waals surface area contributed by atoms with E-state index >= 15 is 0 Å². The van der Waals surface area contributed by atoms with E-state index in [2.05, 4.69) is 52.3 Å². The first-order valence-corrected chi connectivity index (χ1v) is 12.5. The molecule has 182 valence electrons. The van der Waals surface area contributed by atoms with E-state index in [1.165, 1.54) is 5.69 Å². The maximum absolute atomic E-state index is 13.1. The van der Waals surface area contributed by atoms with Gasteiger partial charge in [-0.3, -0.25) is 14.8 Å². The molecule has 0 N–H and O–H groups in total. The molecule has 0 amide bonds. The maximum atomic E-state index is 13.1. The largest absolute Gasteiger partial charge is 0.378 e. The molecule has 1 unspecified atom stereocenters. The van der Waals surface area contributed by atoms with Crippen molar-refractivity contribution >= 4 is 11.5 Å². The molecule has 0 bridgehead atoms. The van der Waals surface area contributed by atoms with Gasteiger partial charge in [0, 0.05) is 42.7 Å². The van der Waals surface area contributed by atoms with E-state index in [-0.39, 0.29) is 11.7 Å². The maximum Gasteiger partial charge on any atom is 0.145 e. The summed E-state index contributed by atoms with van der Waals surface area (Å²) in [6.45, 7) is 7.31. The van der Waals surface area contributed by atoms with Gasteiger partial charge in [-0.05, 0) is 66.9 Å². The summed E-state index contributed by atoms with van der Waals surface area (Å²) in [5, 5.41) is 0. The van der Waals surface area contributed by atoms with Crippen LogP contribution in [0.25, 0.3) is 22.4 Å². The third-order valence-electron chi connectivity index (χ3n) is 6.80. The number of nitrogens with zero attached hydrogens (tertiary/aromatic N) is 3. The van der Waals surface area contributed by atoms with Crippen molar-refractivity contribution in [3.63, 3.8) is 0 Å². The molecule has 2 aromatic carbocycles. The van der Waals surface area contributed by atoms with Gasteiger partial charge in [-0.25, -0.2) is 0 Å². The van der Waals surface area contributed by atoms with Crippen molar-refractivity contribution in [1.82, 2.24) is 9.97 Å². The lowest BCUT2D eigenvalue weighted by Crippen LogP contribution is -2.36. The molecular formula is C31H31N3O2. The average molecular weight is 478 g/mol. The van der Waals surface area contributed by atoms with Crippen molar-refractivity contribution in [2.24, 2.45) is 0 Å². The number of aryl methyl sites for hydroxylation is 1. The fourth-order valence-electron chi connectivity index (χ4n) is 4.58. The molecule has 2 aromatic heterocycles. The molecule has 36 heavy (non-hydrogen) atoms. The zero-order valence-corrected chi connectivity index (χ0v) is 20.9. The molecule has 5 heteroatoms. The fourth-order valence-corrected chi connectivity index (χ4v) is 4.58. The van der Waals surface area contributed by atoms with Crippen LogP contribution in [0.15, 0.2) is 85.1 Å². The lowest BCUT2D eigenvalue weighted by molar-refractivity contribution is -0.119. The molecule has 1 saturated heterocycles. The van der Waals surface area contributed by atoms with Crippen LogP contribution in [-0.2, 0) is 16.0 Å². The Balaban J connectivity index is 1.26. The number of ether oxygens (including phenoxy) is 1. The van der Waals surface area contributed by atoms with Gasteiger partial charge in [0.2, 0.25) is 0 Å². The highest BCUT2D eigenvalue weighted by Gasteiger charge is 2.18. The molecule has 1 fully saturated rings. The number of hydrogen-bond acceptors (Lipinski definition) is 5. The second-order valence-corrected chi connectivity index (χ2v) is 9.34. The zero-order chi connectivity index (χ0) is 24.9. The minimum absolute atomic E-state index is 0.162. The van der Waals surface area contributed by atoms with Crippen LogP contribution in [-0.4, -0.2) is 42.1 Å². The zero-order valence-electron chi connectivity index (χ0n) is 20.9. The number of aromatic nitrogens is 2. The number of hydrogen-bond donors (Lipinski definition) is 0. The number of Topliss-reactive ketones (excluding diaryl/α,β-unsaturated/α-hetero) is 1. The van der Waals surface area contributed by atoms with E-state index in [4.69, 9.17) is 9.72 Å². The number of anilines is 1. The molecule has 0 aliphatic carbocycles. The highest BCUT2D eigenvalue weighted by atomic mass is 16.5. The first-order chi connectivity index (χ1) is 17.6. The normalized spacial score (nSPS) is 14.4. The van der Waals surface area contributed by atoms with Crippen LogP contribution in [0.5, 0.6) is 0 Å². The molecule has 0 spiro atoms. The van der Waals surface area contributed by atoms with Crippen molar-refractivity contribution in [3.8, 4) is 22.4 Å². The van der Waals surface area contributed by atoms with Crippen LogP contribution >= 0.6 is 0 Å². The summed E-state index contributed by atoms with van der Waals surface area (Å²) < 4.78 is 5.45. The summed E-state index contributed by atoms with van der Waals surface area (Å²) in [5.74, 6) is -0.116. The van der Waals surface area contributed by atoms with Crippen molar-refractivity contribution in [1.29, 1.82) is 0 Å². The minimum atomic E-state index is -0.278. The fraction of sp³-hybridized carbons (Fsp3) is 0.258. The third kappa shape index (κ3) is 5.52. The lowest BCUT2D eigenvalue weighted by Gasteiger charge is -2.28. The summed E-state index contributed by atoms with van der Waals surface area (Å²) in [5.41, 5.74) is 8.20. The monoisotopic (exact) mass is 477 g/mol. The van der Waals surface area contributed by atoms with Gasteiger partial charge in [0.25, 0.3) is 0 Å². The highest BCUT2D eigenvalue weighted by molar-refractivity contribution is 5.87. The summed E-state index contributed by atoms with van der Waals surface area (Å²) in [6, 6.07) is 26.7. The van der Waals surface area contributed by atoms with Crippen molar-refractivity contribution in [2.45, 2.75) is 26.2 Å². The molecule has 5 rings (SSSR count). The van der Waals surface area contributed by atoms with Gasteiger partial charge in [0.1, 0.15) is 5.78 Å². The van der Waals surface area contributed by atoms with Crippen LogP contribution < -0.4 is 4.90 Å². The number of carbonyl (C=O) groups excluding carboxylic acids is 1. The molecule has 1 aliphatic heterocycles. The van der Waals surface area contributed by atoms with Crippen LogP contribution in [0.4, 0.5) is 5.69 Å². The first-order valence-electron chi connectivity index (χ1n) is 12.5. The van der Waals surface area contributed by atoms with Gasteiger partial charge in [-0.1, -0.05) is 42.5 Å². The van der Waals surface area contributed by atoms with E-state index in [1.807, 2.05) is 56.4 Å². The summed E-state index contributed by atoms with van der Waals surface area (Å²) in [4.78, 5) is 24.6. The molecule has 3 heterocycles. The SMILES string of the molecule is Cc1cc(-c2ccc(CC(=O)C(C)c3cccc(-c4ccc(N5CCOCC5)cc4)n3)cc2)ccn1. The summed E-state index contributed by atoms with van der Waals surface area (Å²) >= 11 is 0. The van der Waals surface area contributed by atoms with Crippen LogP contribution in [0.2, 0.25) is 0 Å². The Kier molecular flexibility index (Phi) is 7.19. The van der Waals surface area contributed by atoms with Crippen LogP contribution in [0.1, 0.15) is 29.8 Å². The van der Waals surface area contributed by atoms with E-state index < -0.39 is 0 Å². The Morgan fingerprint density at radius 1 is 0.917 bits per heavy atom. The van der Waals surface area contributed by atoms with Gasteiger partial charge in [-0.15, -0.1) is 0 Å². The Hall–Kier alpha value is -3.83.